The molecule has 2 amide bonds. The number of thiophene rings is 1. The predicted octanol–water partition coefficient (Wildman–Crippen LogP) is 1.49. The van der Waals surface area contributed by atoms with E-state index in [2.05, 4.69) is 10.6 Å². The average molecular weight is 228 g/mol. The highest BCUT2D eigenvalue weighted by Gasteiger charge is 2.10. The van der Waals surface area contributed by atoms with E-state index in [1.165, 1.54) is 11.3 Å². The van der Waals surface area contributed by atoms with Crippen LogP contribution in [0.1, 0.15) is 33.2 Å². The van der Waals surface area contributed by atoms with Gasteiger partial charge in [-0.3, -0.25) is 9.59 Å². The molecule has 0 atom stereocenters. The Morgan fingerprint density at radius 3 is 1.60 bits per heavy atom. The summed E-state index contributed by atoms with van der Waals surface area (Å²) in [5.41, 5.74) is 0. The van der Waals surface area contributed by atoms with Crippen LogP contribution in [0.15, 0.2) is 12.1 Å². The molecule has 1 rings (SSSR count). The van der Waals surface area contributed by atoms with Crippen molar-refractivity contribution in [3.63, 3.8) is 0 Å². The fourth-order valence-corrected chi connectivity index (χ4v) is 1.73. The molecule has 0 saturated heterocycles. The second kappa shape index (κ2) is 7.00. The molecule has 0 spiro atoms. The second-order valence-electron chi connectivity index (χ2n) is 2.32. The predicted molar refractivity (Wildman–Crippen MR) is 62.4 cm³/mol. The second-order valence-corrected chi connectivity index (χ2v) is 3.41. The van der Waals surface area contributed by atoms with Crippen LogP contribution in [0.3, 0.4) is 0 Å². The zero-order valence-electron chi connectivity index (χ0n) is 9.38. The van der Waals surface area contributed by atoms with E-state index in [0.717, 1.165) is 0 Å². The minimum Gasteiger partial charge on any atom is -0.354 e. The standard InChI is InChI=1S/C8H10N2O2S.C2H6/c1-9-7(11)5-3-4-6(13-5)8(12)10-2;1-2/h3-4H,1-2H3,(H,9,11)(H,10,12);1-2H3. The highest BCUT2D eigenvalue weighted by atomic mass is 32.1. The molecule has 4 nitrogen and oxygen atoms in total. The van der Waals surface area contributed by atoms with E-state index in [4.69, 9.17) is 0 Å². The van der Waals surface area contributed by atoms with Crippen molar-refractivity contribution >= 4 is 23.2 Å². The Kier molecular flexibility index (Phi) is 6.37. The maximum Gasteiger partial charge on any atom is 0.261 e. The van der Waals surface area contributed by atoms with Gasteiger partial charge in [0.1, 0.15) is 0 Å². The van der Waals surface area contributed by atoms with Crippen molar-refractivity contribution in [2.45, 2.75) is 13.8 Å². The lowest BCUT2D eigenvalue weighted by Gasteiger charge is -1.93. The SMILES string of the molecule is CC.CNC(=O)c1ccc(C(=O)NC)s1. The maximum absolute atomic E-state index is 11.1. The lowest BCUT2D eigenvalue weighted by molar-refractivity contribution is 0.0960. The molecule has 0 aliphatic rings. The summed E-state index contributed by atoms with van der Waals surface area (Å²) in [6, 6.07) is 3.27. The molecule has 0 radical (unpaired) electrons. The minimum absolute atomic E-state index is 0.167. The highest BCUT2D eigenvalue weighted by molar-refractivity contribution is 7.15. The molecule has 15 heavy (non-hydrogen) atoms. The van der Waals surface area contributed by atoms with Crippen LogP contribution in [-0.4, -0.2) is 25.9 Å². The van der Waals surface area contributed by atoms with E-state index >= 15 is 0 Å². The van der Waals surface area contributed by atoms with Crippen molar-refractivity contribution in [1.82, 2.24) is 10.6 Å². The van der Waals surface area contributed by atoms with Gasteiger partial charge in [-0.25, -0.2) is 0 Å². The number of hydrogen-bond acceptors (Lipinski definition) is 3. The van der Waals surface area contributed by atoms with Crippen molar-refractivity contribution in [3.05, 3.63) is 21.9 Å². The van der Waals surface area contributed by atoms with E-state index in [-0.39, 0.29) is 11.8 Å². The van der Waals surface area contributed by atoms with Crippen molar-refractivity contribution in [1.29, 1.82) is 0 Å². The Hall–Kier alpha value is -1.36. The molecule has 1 heterocycles. The quantitative estimate of drug-likeness (QED) is 0.805. The van der Waals surface area contributed by atoms with Crippen LogP contribution in [0.4, 0.5) is 0 Å². The topological polar surface area (TPSA) is 58.2 Å². The van der Waals surface area contributed by atoms with Crippen molar-refractivity contribution < 1.29 is 9.59 Å². The molecule has 2 N–H and O–H groups in total. The van der Waals surface area contributed by atoms with Crippen LogP contribution in [0.2, 0.25) is 0 Å². The normalized spacial score (nSPS) is 8.53. The van der Waals surface area contributed by atoms with Gasteiger partial charge in [0.05, 0.1) is 9.75 Å². The van der Waals surface area contributed by atoms with E-state index in [0.29, 0.717) is 9.75 Å². The molecule has 1 aromatic rings. The zero-order chi connectivity index (χ0) is 11.8. The molecule has 0 unspecified atom stereocenters. The molecule has 0 saturated carbocycles. The fraction of sp³-hybridized carbons (Fsp3) is 0.400. The van der Waals surface area contributed by atoms with Gasteiger partial charge in [0.15, 0.2) is 0 Å². The van der Waals surface area contributed by atoms with Crippen LogP contribution in [0.5, 0.6) is 0 Å². The molecule has 0 fully saturated rings. The number of amides is 2. The summed E-state index contributed by atoms with van der Waals surface area (Å²) in [6.07, 6.45) is 0. The first-order valence-corrected chi connectivity index (χ1v) is 5.54. The summed E-state index contributed by atoms with van der Waals surface area (Å²) in [6.45, 7) is 4.00. The lowest BCUT2D eigenvalue weighted by Crippen LogP contribution is -2.17. The number of carbonyl (C=O) groups excluding carboxylic acids is 2. The smallest absolute Gasteiger partial charge is 0.261 e. The van der Waals surface area contributed by atoms with Crippen LogP contribution >= 0.6 is 11.3 Å². The van der Waals surface area contributed by atoms with Gasteiger partial charge < -0.3 is 10.6 Å². The first kappa shape index (κ1) is 13.6. The third-order valence-electron chi connectivity index (χ3n) is 1.51. The van der Waals surface area contributed by atoms with Gasteiger partial charge >= 0.3 is 0 Å². The van der Waals surface area contributed by atoms with Crippen LogP contribution in [0, 0.1) is 0 Å². The summed E-state index contributed by atoms with van der Waals surface area (Å²) in [4.78, 5) is 23.3. The fourth-order valence-electron chi connectivity index (χ4n) is 0.828. The Morgan fingerprint density at radius 2 is 1.33 bits per heavy atom. The van der Waals surface area contributed by atoms with Crippen LogP contribution in [-0.2, 0) is 0 Å². The van der Waals surface area contributed by atoms with E-state index in [9.17, 15) is 9.59 Å². The van der Waals surface area contributed by atoms with Crippen LogP contribution < -0.4 is 10.6 Å². The van der Waals surface area contributed by atoms with Gasteiger partial charge in [-0.2, -0.15) is 0 Å². The van der Waals surface area contributed by atoms with Gasteiger partial charge in [0.25, 0.3) is 11.8 Å². The third-order valence-corrected chi connectivity index (χ3v) is 2.59. The van der Waals surface area contributed by atoms with Gasteiger partial charge in [0.2, 0.25) is 0 Å². The minimum atomic E-state index is -0.167. The van der Waals surface area contributed by atoms with Gasteiger partial charge in [-0.05, 0) is 12.1 Å². The number of nitrogens with one attached hydrogen (secondary N) is 2. The monoisotopic (exact) mass is 228 g/mol. The van der Waals surface area contributed by atoms with E-state index in [1.807, 2.05) is 13.8 Å². The summed E-state index contributed by atoms with van der Waals surface area (Å²) >= 11 is 1.17. The Labute approximate surface area is 93.7 Å². The molecule has 0 bridgehead atoms. The van der Waals surface area contributed by atoms with E-state index in [1.54, 1.807) is 26.2 Å². The van der Waals surface area contributed by atoms with Gasteiger partial charge in [-0.1, -0.05) is 13.8 Å². The third kappa shape index (κ3) is 3.71. The highest BCUT2D eigenvalue weighted by Crippen LogP contribution is 2.15. The first-order chi connectivity index (χ1) is 7.19. The summed E-state index contributed by atoms with van der Waals surface area (Å²) in [7, 11) is 3.11. The molecule has 0 aliphatic carbocycles. The average Bonchev–Trinajstić information content (AvgIpc) is 2.79. The number of rotatable bonds is 2. The van der Waals surface area contributed by atoms with Crippen molar-refractivity contribution in [2.24, 2.45) is 0 Å². The molecular formula is C10H16N2O2S. The largest absolute Gasteiger partial charge is 0.354 e. The molecule has 0 aromatic carbocycles. The maximum atomic E-state index is 11.1. The lowest BCUT2D eigenvalue weighted by atomic mass is 10.4. The van der Waals surface area contributed by atoms with Gasteiger partial charge in [-0.15, -0.1) is 11.3 Å². The molecule has 1 aromatic heterocycles. The zero-order valence-corrected chi connectivity index (χ0v) is 10.2. The van der Waals surface area contributed by atoms with Crippen LogP contribution in [0.25, 0.3) is 0 Å². The number of hydrogen-bond donors (Lipinski definition) is 2. The molecule has 84 valence electrons. The molecular weight excluding hydrogens is 212 g/mol. The van der Waals surface area contributed by atoms with Crippen molar-refractivity contribution in [3.8, 4) is 0 Å². The Morgan fingerprint density at radius 1 is 1.00 bits per heavy atom. The summed E-state index contributed by atoms with van der Waals surface area (Å²) in [5.74, 6) is -0.333. The Bertz CT molecular complexity index is 303. The van der Waals surface area contributed by atoms with E-state index < -0.39 is 0 Å². The summed E-state index contributed by atoms with van der Waals surface area (Å²) < 4.78 is 0. The van der Waals surface area contributed by atoms with Gasteiger partial charge in [0, 0.05) is 14.1 Å². The number of carbonyl (C=O) groups is 2. The summed E-state index contributed by atoms with van der Waals surface area (Å²) in [5, 5.41) is 4.98. The van der Waals surface area contributed by atoms with Crippen molar-refractivity contribution in [2.75, 3.05) is 14.1 Å². The Balaban J connectivity index is 0.000000921. The first-order valence-electron chi connectivity index (χ1n) is 4.73. The molecule has 0 aliphatic heterocycles. The molecule has 5 heteroatoms.